The van der Waals surface area contributed by atoms with E-state index in [1.165, 1.54) is 42.3 Å². The summed E-state index contributed by atoms with van der Waals surface area (Å²) in [5, 5.41) is 2.96. The van der Waals surface area contributed by atoms with Crippen molar-refractivity contribution in [1.82, 2.24) is 19.8 Å². The van der Waals surface area contributed by atoms with Crippen LogP contribution in [0.15, 0.2) is 71.5 Å². The van der Waals surface area contributed by atoms with Crippen LogP contribution in [0.5, 0.6) is 0 Å². The summed E-state index contributed by atoms with van der Waals surface area (Å²) in [7, 11) is 1.37. The largest absolute Gasteiger partial charge is 0.416 e. The number of nitrogens with two attached hydrogens (primary N) is 1. The molecule has 12 heteroatoms. The van der Waals surface area contributed by atoms with Gasteiger partial charge in [-0.05, 0) is 67.9 Å². The lowest BCUT2D eigenvalue weighted by Gasteiger charge is -2.32. The fourth-order valence-corrected chi connectivity index (χ4v) is 4.77. The molecule has 1 heterocycles. The van der Waals surface area contributed by atoms with E-state index in [0.29, 0.717) is 12.0 Å². The first kappa shape index (κ1) is 30.7. The summed E-state index contributed by atoms with van der Waals surface area (Å²) in [4.78, 5) is 47.2. The van der Waals surface area contributed by atoms with Crippen LogP contribution in [0.1, 0.15) is 45.3 Å². The number of aromatic nitrogens is 2. The van der Waals surface area contributed by atoms with Gasteiger partial charge in [0.1, 0.15) is 5.82 Å². The van der Waals surface area contributed by atoms with Crippen molar-refractivity contribution in [3.63, 3.8) is 0 Å². The molecule has 0 aliphatic heterocycles. The molecule has 42 heavy (non-hydrogen) atoms. The highest BCUT2D eigenvalue weighted by molar-refractivity contribution is 6.31. The minimum atomic E-state index is -4.60. The van der Waals surface area contributed by atoms with E-state index < -0.39 is 35.2 Å². The number of nitrogens with zero attached hydrogens (tertiary/aromatic N) is 3. The van der Waals surface area contributed by atoms with Crippen molar-refractivity contribution < 1.29 is 22.8 Å². The number of benzene rings is 3. The van der Waals surface area contributed by atoms with Crippen LogP contribution in [0.25, 0.3) is 10.9 Å². The van der Waals surface area contributed by atoms with Gasteiger partial charge in [0.05, 0.1) is 23.0 Å². The molecule has 1 atom stereocenters. The molecule has 0 radical (unpaired) electrons. The molecule has 3 N–H and O–H groups in total. The van der Waals surface area contributed by atoms with Gasteiger partial charge in [0.25, 0.3) is 11.5 Å². The highest BCUT2D eigenvalue weighted by atomic mass is 35.5. The highest BCUT2D eigenvalue weighted by Crippen LogP contribution is 2.30. The average Bonchev–Trinajstić information content (AvgIpc) is 2.96. The number of fused-ring (bicyclic) bond motifs is 1. The van der Waals surface area contributed by atoms with Crippen molar-refractivity contribution in [2.45, 2.75) is 32.1 Å². The van der Waals surface area contributed by atoms with Gasteiger partial charge in [-0.3, -0.25) is 19.0 Å². The second-order valence-electron chi connectivity index (χ2n) is 9.74. The zero-order valence-electron chi connectivity index (χ0n) is 22.9. The Bertz CT molecular complexity index is 1670. The van der Waals surface area contributed by atoms with Gasteiger partial charge in [-0.15, -0.1) is 0 Å². The number of likely N-dealkylation sites (N-methyl/N-ethyl adjacent to an activating group) is 1. The van der Waals surface area contributed by atoms with Gasteiger partial charge in [0.15, 0.2) is 6.04 Å². The van der Waals surface area contributed by atoms with E-state index in [2.05, 4.69) is 10.3 Å². The van der Waals surface area contributed by atoms with Crippen LogP contribution in [0.2, 0.25) is 5.02 Å². The summed E-state index contributed by atoms with van der Waals surface area (Å²) in [6.45, 7) is 1.76. The van der Waals surface area contributed by atoms with E-state index in [1.54, 1.807) is 24.3 Å². The number of hydrogen-bond acceptors (Lipinski definition) is 5. The molecular formula is C30H29ClF3N5O3. The summed E-state index contributed by atoms with van der Waals surface area (Å²) in [6.07, 6.45) is -4.28. The van der Waals surface area contributed by atoms with E-state index in [4.69, 9.17) is 17.3 Å². The zero-order chi connectivity index (χ0) is 30.6. The highest BCUT2D eigenvalue weighted by Gasteiger charge is 2.36. The van der Waals surface area contributed by atoms with Gasteiger partial charge in [0.2, 0.25) is 5.91 Å². The van der Waals surface area contributed by atoms with Crippen molar-refractivity contribution in [3.8, 4) is 0 Å². The molecule has 4 aromatic rings. The smallest absolute Gasteiger partial charge is 0.357 e. The van der Waals surface area contributed by atoms with Crippen LogP contribution in [0.3, 0.4) is 0 Å². The predicted molar refractivity (Wildman–Crippen MR) is 154 cm³/mol. The van der Waals surface area contributed by atoms with Gasteiger partial charge in [-0.1, -0.05) is 41.4 Å². The van der Waals surface area contributed by atoms with Crippen molar-refractivity contribution >= 4 is 34.3 Å². The first-order valence-corrected chi connectivity index (χ1v) is 13.5. The average molecular weight is 600 g/mol. The third kappa shape index (κ3) is 6.63. The lowest BCUT2D eigenvalue weighted by Crippen LogP contribution is -2.46. The Morgan fingerprint density at radius 2 is 1.81 bits per heavy atom. The molecule has 2 amide bonds. The van der Waals surface area contributed by atoms with E-state index >= 15 is 0 Å². The molecule has 0 aliphatic rings. The van der Waals surface area contributed by atoms with Crippen LogP contribution in [-0.2, 0) is 17.5 Å². The Morgan fingerprint density at radius 3 is 2.45 bits per heavy atom. The summed E-state index contributed by atoms with van der Waals surface area (Å²) >= 11 is 6.18. The van der Waals surface area contributed by atoms with Gasteiger partial charge in [-0.2, -0.15) is 13.2 Å². The predicted octanol–water partition coefficient (Wildman–Crippen LogP) is 4.70. The molecule has 0 bridgehead atoms. The summed E-state index contributed by atoms with van der Waals surface area (Å²) in [6, 6.07) is 14.3. The molecule has 220 valence electrons. The molecule has 1 aromatic heterocycles. The van der Waals surface area contributed by atoms with E-state index in [1.807, 2.05) is 6.92 Å². The Balaban J connectivity index is 1.97. The minimum absolute atomic E-state index is 0.0360. The maximum atomic E-state index is 13.9. The zero-order valence-corrected chi connectivity index (χ0v) is 23.7. The van der Waals surface area contributed by atoms with Gasteiger partial charge >= 0.3 is 6.18 Å². The first-order valence-electron chi connectivity index (χ1n) is 13.1. The molecule has 0 fully saturated rings. The van der Waals surface area contributed by atoms with Crippen molar-refractivity contribution in [1.29, 1.82) is 0 Å². The van der Waals surface area contributed by atoms with E-state index in [9.17, 15) is 27.6 Å². The minimum Gasteiger partial charge on any atom is -0.357 e. The lowest BCUT2D eigenvalue weighted by atomic mass is 10.1. The third-order valence-corrected chi connectivity index (χ3v) is 6.99. The molecule has 1 unspecified atom stereocenters. The molecule has 0 saturated heterocycles. The molecule has 3 aromatic carbocycles. The fourth-order valence-electron chi connectivity index (χ4n) is 4.61. The Labute approximate surface area is 244 Å². The van der Waals surface area contributed by atoms with Gasteiger partial charge in [-0.25, -0.2) is 4.98 Å². The van der Waals surface area contributed by atoms with Crippen LogP contribution in [-0.4, -0.2) is 46.4 Å². The van der Waals surface area contributed by atoms with Crippen LogP contribution < -0.4 is 16.6 Å². The topological polar surface area (TPSA) is 110 Å². The molecule has 0 saturated carbocycles. The number of nitrogens with one attached hydrogen (secondary N) is 1. The number of hydrogen-bond donors (Lipinski definition) is 2. The summed E-state index contributed by atoms with van der Waals surface area (Å²) in [5.41, 5.74) is 5.79. The molecule has 4 rings (SSSR count). The number of alkyl halides is 3. The quantitative estimate of drug-likeness (QED) is 0.290. The molecular weight excluding hydrogens is 571 g/mol. The summed E-state index contributed by atoms with van der Waals surface area (Å²) in [5.74, 6) is -1.30. The van der Waals surface area contributed by atoms with Crippen molar-refractivity contribution in [3.05, 3.63) is 110 Å². The molecule has 0 spiro atoms. The summed E-state index contributed by atoms with van der Waals surface area (Å²) < 4.78 is 41.6. The molecule has 8 nitrogen and oxygen atoms in total. The number of amides is 2. The third-order valence-electron chi connectivity index (χ3n) is 6.76. The van der Waals surface area contributed by atoms with Crippen LogP contribution >= 0.6 is 11.6 Å². The number of aryl methyl sites for hydroxylation is 1. The standard InChI is InChI=1S/C30H29ClF3N5O3/c1-18-7-9-20(10-8-18)28(41)38(14-4-13-35)25(27(40)36-2)26-37-24-16-22(31)11-12-23(24)29(42)39(26)17-19-5-3-6-21(15-19)30(32,33)34/h3,5-12,15-16,25H,4,13-14,17,35H2,1-2H3,(H,36,40). The molecule has 0 aliphatic carbocycles. The second kappa shape index (κ2) is 12.7. The normalized spacial score (nSPS) is 12.3. The van der Waals surface area contributed by atoms with E-state index in [0.717, 1.165) is 22.3 Å². The second-order valence-corrected chi connectivity index (χ2v) is 10.2. The number of halogens is 4. The van der Waals surface area contributed by atoms with E-state index in [-0.39, 0.29) is 46.9 Å². The van der Waals surface area contributed by atoms with Crippen molar-refractivity contribution in [2.24, 2.45) is 5.73 Å². The van der Waals surface area contributed by atoms with Crippen molar-refractivity contribution in [2.75, 3.05) is 20.1 Å². The number of rotatable bonds is 9. The maximum absolute atomic E-state index is 13.9. The number of carbonyl (C=O) groups excluding carboxylic acids is 2. The Kier molecular flexibility index (Phi) is 9.33. The monoisotopic (exact) mass is 599 g/mol. The maximum Gasteiger partial charge on any atom is 0.416 e. The van der Waals surface area contributed by atoms with Crippen LogP contribution in [0.4, 0.5) is 13.2 Å². The lowest BCUT2D eigenvalue weighted by molar-refractivity contribution is -0.137. The van der Waals surface area contributed by atoms with Gasteiger partial charge in [0, 0.05) is 24.2 Å². The number of carbonyl (C=O) groups is 2. The Hall–Kier alpha value is -4.22. The SMILES string of the molecule is CNC(=O)C(c1nc2cc(Cl)ccc2c(=O)n1Cc1cccc(C(F)(F)F)c1)N(CCCN)C(=O)c1ccc(C)cc1. The Morgan fingerprint density at radius 1 is 1.10 bits per heavy atom. The van der Waals surface area contributed by atoms with Gasteiger partial charge < -0.3 is 16.0 Å². The fraction of sp³-hybridized carbons (Fsp3) is 0.267. The van der Waals surface area contributed by atoms with Crippen LogP contribution in [0, 0.1) is 6.92 Å². The first-order chi connectivity index (χ1) is 19.9.